The Bertz CT molecular complexity index is 842. The molecular formula is C16H14N4O3. The molecule has 7 heteroatoms. The van der Waals surface area contributed by atoms with E-state index in [0.717, 1.165) is 10.8 Å². The van der Waals surface area contributed by atoms with E-state index in [0.29, 0.717) is 11.3 Å². The van der Waals surface area contributed by atoms with Crippen LogP contribution < -0.4 is 10.9 Å². The summed E-state index contributed by atoms with van der Waals surface area (Å²) in [6, 6.07) is 10.9. The number of nitrogens with zero attached hydrogens (tertiary/aromatic N) is 2. The molecule has 0 unspecified atom stereocenters. The second kappa shape index (κ2) is 6.27. The third-order valence-corrected chi connectivity index (χ3v) is 3.40. The van der Waals surface area contributed by atoms with Gasteiger partial charge in [0.1, 0.15) is 5.75 Å². The fraction of sp³-hybridized carbons (Fsp3) is 0.125. The summed E-state index contributed by atoms with van der Waals surface area (Å²) in [6.45, 7) is 0. The van der Waals surface area contributed by atoms with Gasteiger partial charge >= 0.3 is 0 Å². The Morgan fingerprint density at radius 3 is 2.96 bits per heavy atom. The lowest BCUT2D eigenvalue weighted by Crippen LogP contribution is -2.20. The summed E-state index contributed by atoms with van der Waals surface area (Å²) in [5, 5.41) is 19.4. The van der Waals surface area contributed by atoms with Crippen molar-refractivity contribution < 1.29 is 14.7 Å². The number of fused-ring (bicyclic) bond motifs is 1. The normalized spacial score (nSPS) is 14.1. The maximum Gasteiger partial charge on any atom is 0.245 e. The molecule has 2 amide bonds. The highest BCUT2D eigenvalue weighted by atomic mass is 16.3. The minimum Gasteiger partial charge on any atom is -0.507 e. The SMILES string of the molecule is O=C1CC(CC(=O)N/N=C\c2c(O)ccc3ccccc23)=NN1. The van der Waals surface area contributed by atoms with E-state index >= 15 is 0 Å². The second-order valence-electron chi connectivity index (χ2n) is 5.08. The van der Waals surface area contributed by atoms with Gasteiger partial charge in [0.25, 0.3) is 0 Å². The Hall–Kier alpha value is -3.22. The Kier molecular flexibility index (Phi) is 4.01. The fourth-order valence-corrected chi connectivity index (χ4v) is 2.32. The lowest BCUT2D eigenvalue weighted by molar-refractivity contribution is -0.119. The molecule has 0 aliphatic carbocycles. The van der Waals surface area contributed by atoms with Crippen LogP contribution in [0, 0.1) is 0 Å². The predicted octanol–water partition coefficient (Wildman–Crippen LogP) is 1.26. The molecule has 0 saturated heterocycles. The van der Waals surface area contributed by atoms with Crippen molar-refractivity contribution in [3.05, 3.63) is 42.0 Å². The van der Waals surface area contributed by atoms with Gasteiger partial charge in [-0.15, -0.1) is 0 Å². The Balaban J connectivity index is 1.70. The van der Waals surface area contributed by atoms with Crippen LogP contribution >= 0.6 is 0 Å². The van der Waals surface area contributed by atoms with Crippen molar-refractivity contribution >= 4 is 34.5 Å². The predicted molar refractivity (Wildman–Crippen MR) is 86.2 cm³/mol. The minimum absolute atomic E-state index is 0.00238. The van der Waals surface area contributed by atoms with Crippen LogP contribution in [0.3, 0.4) is 0 Å². The molecule has 2 aromatic rings. The standard InChI is InChI=1S/C16H14N4O3/c21-14-6-5-10-3-1-2-4-12(10)13(14)9-17-19-15(22)7-11-8-16(23)20-18-11/h1-6,9,21H,7-8H2,(H,19,22)(H,20,23)/b17-9-. The van der Waals surface area contributed by atoms with Gasteiger partial charge in [0.2, 0.25) is 11.8 Å². The van der Waals surface area contributed by atoms with E-state index in [4.69, 9.17) is 0 Å². The molecule has 2 aromatic carbocycles. The molecular weight excluding hydrogens is 296 g/mol. The quantitative estimate of drug-likeness (QED) is 0.585. The van der Waals surface area contributed by atoms with E-state index in [1.54, 1.807) is 6.07 Å². The summed E-state index contributed by atoms with van der Waals surface area (Å²) in [4.78, 5) is 22.7. The number of amides is 2. The summed E-state index contributed by atoms with van der Waals surface area (Å²) in [5.41, 5.74) is 5.64. The molecule has 23 heavy (non-hydrogen) atoms. The zero-order chi connectivity index (χ0) is 16.2. The van der Waals surface area contributed by atoms with Crippen molar-refractivity contribution in [1.29, 1.82) is 0 Å². The molecule has 0 saturated carbocycles. The van der Waals surface area contributed by atoms with Crippen molar-refractivity contribution in [2.75, 3.05) is 0 Å². The number of phenols is 1. The van der Waals surface area contributed by atoms with E-state index in [1.165, 1.54) is 6.21 Å². The van der Waals surface area contributed by atoms with Crippen LogP contribution in [-0.4, -0.2) is 28.8 Å². The molecule has 0 fully saturated rings. The van der Waals surface area contributed by atoms with Gasteiger partial charge < -0.3 is 5.11 Å². The maximum atomic E-state index is 11.7. The van der Waals surface area contributed by atoms with Crippen molar-refractivity contribution in [3.8, 4) is 5.75 Å². The van der Waals surface area contributed by atoms with Crippen LogP contribution in [0.1, 0.15) is 18.4 Å². The van der Waals surface area contributed by atoms with Gasteiger partial charge in [0.15, 0.2) is 0 Å². The average Bonchev–Trinajstić information content (AvgIpc) is 2.94. The fourth-order valence-electron chi connectivity index (χ4n) is 2.32. The van der Waals surface area contributed by atoms with Gasteiger partial charge in [-0.25, -0.2) is 10.9 Å². The topological polar surface area (TPSA) is 103 Å². The molecule has 1 aliphatic rings. The number of hydrogen-bond donors (Lipinski definition) is 3. The van der Waals surface area contributed by atoms with Gasteiger partial charge in [-0.3, -0.25) is 9.59 Å². The number of benzene rings is 2. The maximum absolute atomic E-state index is 11.7. The van der Waals surface area contributed by atoms with E-state index in [2.05, 4.69) is 21.1 Å². The number of nitrogens with one attached hydrogen (secondary N) is 2. The van der Waals surface area contributed by atoms with Crippen molar-refractivity contribution in [3.63, 3.8) is 0 Å². The van der Waals surface area contributed by atoms with Gasteiger partial charge in [-0.2, -0.15) is 10.2 Å². The smallest absolute Gasteiger partial charge is 0.245 e. The molecule has 0 radical (unpaired) electrons. The lowest BCUT2D eigenvalue weighted by atomic mass is 10.0. The Labute approximate surface area is 131 Å². The number of carbonyl (C=O) groups excluding carboxylic acids is 2. The number of carbonyl (C=O) groups is 2. The van der Waals surface area contributed by atoms with E-state index in [1.807, 2.05) is 30.3 Å². The summed E-state index contributed by atoms with van der Waals surface area (Å²) in [7, 11) is 0. The van der Waals surface area contributed by atoms with E-state index < -0.39 is 0 Å². The van der Waals surface area contributed by atoms with E-state index in [9.17, 15) is 14.7 Å². The van der Waals surface area contributed by atoms with Crippen LogP contribution in [0.15, 0.2) is 46.6 Å². The summed E-state index contributed by atoms with van der Waals surface area (Å²) >= 11 is 0. The first-order valence-corrected chi connectivity index (χ1v) is 7.00. The van der Waals surface area contributed by atoms with Crippen molar-refractivity contribution in [1.82, 2.24) is 10.9 Å². The molecule has 7 nitrogen and oxygen atoms in total. The highest BCUT2D eigenvalue weighted by Gasteiger charge is 2.17. The molecule has 116 valence electrons. The van der Waals surface area contributed by atoms with Crippen molar-refractivity contribution in [2.45, 2.75) is 12.8 Å². The lowest BCUT2D eigenvalue weighted by Gasteiger charge is -2.04. The number of aromatic hydroxyl groups is 1. The third kappa shape index (κ3) is 3.34. The molecule has 3 rings (SSSR count). The summed E-state index contributed by atoms with van der Waals surface area (Å²) < 4.78 is 0. The largest absolute Gasteiger partial charge is 0.507 e. The van der Waals surface area contributed by atoms with Crippen LogP contribution in [-0.2, 0) is 9.59 Å². The summed E-state index contributed by atoms with van der Waals surface area (Å²) in [5.74, 6) is -0.523. The molecule has 0 aromatic heterocycles. The van der Waals surface area contributed by atoms with Crippen LogP contribution in [0.4, 0.5) is 0 Å². The first-order valence-electron chi connectivity index (χ1n) is 7.00. The third-order valence-electron chi connectivity index (χ3n) is 3.40. The van der Waals surface area contributed by atoms with Crippen LogP contribution in [0.25, 0.3) is 10.8 Å². The van der Waals surface area contributed by atoms with Crippen LogP contribution in [0.5, 0.6) is 5.75 Å². The van der Waals surface area contributed by atoms with Gasteiger partial charge in [-0.1, -0.05) is 30.3 Å². The highest BCUT2D eigenvalue weighted by molar-refractivity contribution is 6.11. The Morgan fingerprint density at radius 2 is 2.17 bits per heavy atom. The zero-order valence-corrected chi connectivity index (χ0v) is 12.1. The molecule has 0 spiro atoms. The number of rotatable bonds is 4. The average molecular weight is 310 g/mol. The minimum atomic E-state index is -0.378. The molecule has 0 bridgehead atoms. The molecule has 0 atom stereocenters. The summed E-state index contributed by atoms with van der Waals surface area (Å²) in [6.07, 6.45) is 1.52. The number of hydrogen-bond acceptors (Lipinski definition) is 5. The highest BCUT2D eigenvalue weighted by Crippen LogP contribution is 2.25. The van der Waals surface area contributed by atoms with E-state index in [-0.39, 0.29) is 30.4 Å². The van der Waals surface area contributed by atoms with Gasteiger partial charge in [-0.05, 0) is 16.8 Å². The van der Waals surface area contributed by atoms with Crippen molar-refractivity contribution in [2.24, 2.45) is 10.2 Å². The molecule has 3 N–H and O–H groups in total. The van der Waals surface area contributed by atoms with Gasteiger partial charge in [0.05, 0.1) is 24.8 Å². The number of hydrazone groups is 2. The molecule has 1 aliphatic heterocycles. The zero-order valence-electron chi connectivity index (χ0n) is 12.1. The monoisotopic (exact) mass is 310 g/mol. The first kappa shape index (κ1) is 14.7. The second-order valence-corrected chi connectivity index (χ2v) is 5.08. The van der Waals surface area contributed by atoms with Gasteiger partial charge in [0, 0.05) is 5.56 Å². The number of phenolic OH excluding ortho intramolecular Hbond substituents is 1. The Morgan fingerprint density at radius 1 is 1.35 bits per heavy atom. The van der Waals surface area contributed by atoms with Crippen LogP contribution in [0.2, 0.25) is 0 Å². The first-order chi connectivity index (χ1) is 11.1. The molecule has 1 heterocycles.